The van der Waals surface area contributed by atoms with Gasteiger partial charge < -0.3 is 15.0 Å². The van der Waals surface area contributed by atoms with Gasteiger partial charge in [-0.05, 0) is 53.9 Å². The van der Waals surface area contributed by atoms with Crippen LogP contribution < -0.4 is 10.1 Å². The second-order valence-corrected chi connectivity index (χ2v) is 11.0. The Balaban J connectivity index is 1.82. The molecule has 0 aliphatic rings. The Morgan fingerprint density at radius 1 is 1.00 bits per heavy atom. The van der Waals surface area contributed by atoms with E-state index in [1.54, 1.807) is 38.3 Å². The van der Waals surface area contributed by atoms with Gasteiger partial charge in [-0.15, -0.1) is 0 Å². The molecule has 0 aliphatic heterocycles. The highest BCUT2D eigenvalue weighted by Crippen LogP contribution is 2.22. The third-order valence-corrected chi connectivity index (χ3v) is 8.10. The number of nitrogens with zero attached hydrogens (tertiary/aromatic N) is 2. The van der Waals surface area contributed by atoms with Gasteiger partial charge in [-0.2, -0.15) is 4.31 Å². The first-order chi connectivity index (χ1) is 17.7. The fourth-order valence-electron chi connectivity index (χ4n) is 3.92. The second-order valence-electron chi connectivity index (χ2n) is 8.96. The summed E-state index contributed by atoms with van der Waals surface area (Å²) in [4.78, 5) is 27.8. The maximum atomic E-state index is 13.5. The van der Waals surface area contributed by atoms with Crippen LogP contribution in [0.4, 0.5) is 0 Å². The molecule has 0 radical (unpaired) electrons. The zero-order valence-electron chi connectivity index (χ0n) is 21.8. The van der Waals surface area contributed by atoms with E-state index in [9.17, 15) is 18.0 Å². The summed E-state index contributed by atoms with van der Waals surface area (Å²) in [5.74, 6) is -0.0793. The van der Waals surface area contributed by atoms with E-state index in [4.69, 9.17) is 4.74 Å². The van der Waals surface area contributed by atoms with Crippen LogP contribution >= 0.6 is 0 Å². The highest BCUT2D eigenvalue weighted by Gasteiger charge is 2.30. The Morgan fingerprint density at radius 3 is 2.32 bits per heavy atom. The number of fused-ring (bicyclic) bond motifs is 1. The first-order valence-electron chi connectivity index (χ1n) is 12.3. The molecule has 9 heteroatoms. The number of ether oxygens (including phenoxy) is 1. The van der Waals surface area contributed by atoms with Gasteiger partial charge in [-0.1, -0.05) is 55.8 Å². The van der Waals surface area contributed by atoms with Crippen LogP contribution in [0.3, 0.4) is 0 Å². The van der Waals surface area contributed by atoms with Crippen molar-refractivity contribution in [2.45, 2.75) is 44.2 Å². The SMILES string of the molecule is CCCCNC(=O)[C@H](C)N(Cc1ccc(OC)cc1)C(=O)CN(C)S(=O)(=O)c1ccc2ccccc2c1. The number of rotatable bonds is 12. The summed E-state index contributed by atoms with van der Waals surface area (Å²) in [5.41, 5.74) is 0.794. The zero-order valence-corrected chi connectivity index (χ0v) is 22.6. The summed E-state index contributed by atoms with van der Waals surface area (Å²) in [5, 5.41) is 4.58. The van der Waals surface area contributed by atoms with Crippen molar-refractivity contribution in [2.24, 2.45) is 0 Å². The lowest BCUT2D eigenvalue weighted by Gasteiger charge is -2.30. The fraction of sp³-hybridized carbons (Fsp3) is 0.357. The minimum Gasteiger partial charge on any atom is -0.497 e. The number of nitrogens with one attached hydrogen (secondary N) is 1. The summed E-state index contributed by atoms with van der Waals surface area (Å²) in [6, 6.07) is 18.8. The van der Waals surface area contributed by atoms with E-state index in [1.807, 2.05) is 43.3 Å². The Hall–Kier alpha value is -3.43. The molecule has 0 fully saturated rings. The smallest absolute Gasteiger partial charge is 0.243 e. The third kappa shape index (κ3) is 7.08. The minimum atomic E-state index is -3.94. The van der Waals surface area contributed by atoms with Gasteiger partial charge in [0.25, 0.3) is 0 Å². The van der Waals surface area contributed by atoms with Gasteiger partial charge in [0, 0.05) is 20.1 Å². The maximum Gasteiger partial charge on any atom is 0.243 e. The van der Waals surface area contributed by atoms with Crippen LogP contribution in [0.25, 0.3) is 10.8 Å². The van der Waals surface area contributed by atoms with E-state index >= 15 is 0 Å². The standard InChI is InChI=1S/C28H35N3O5S/c1-5-6-17-29-28(33)21(2)31(19-22-11-14-25(36-4)15-12-22)27(32)20-30(3)37(34,35)26-16-13-23-9-7-8-10-24(23)18-26/h7-16,18,21H,5-6,17,19-20H2,1-4H3,(H,29,33)/t21-/m0/s1. The Labute approximate surface area is 219 Å². The van der Waals surface area contributed by atoms with Crippen LogP contribution in [0, 0.1) is 0 Å². The van der Waals surface area contributed by atoms with Crippen molar-refractivity contribution in [1.82, 2.24) is 14.5 Å². The molecule has 198 valence electrons. The molecule has 0 saturated heterocycles. The molecule has 0 bridgehead atoms. The summed E-state index contributed by atoms with van der Waals surface area (Å²) >= 11 is 0. The molecule has 1 N–H and O–H groups in total. The van der Waals surface area contributed by atoms with Gasteiger partial charge in [-0.3, -0.25) is 9.59 Å². The number of methoxy groups -OCH3 is 1. The largest absolute Gasteiger partial charge is 0.497 e. The molecule has 8 nitrogen and oxygen atoms in total. The van der Waals surface area contributed by atoms with E-state index in [0.717, 1.165) is 33.5 Å². The minimum absolute atomic E-state index is 0.105. The molecule has 3 aromatic carbocycles. The van der Waals surface area contributed by atoms with Gasteiger partial charge in [0.15, 0.2) is 0 Å². The number of amides is 2. The molecular formula is C28H35N3O5S. The number of carbonyl (C=O) groups is 2. The van der Waals surface area contributed by atoms with Gasteiger partial charge >= 0.3 is 0 Å². The number of hydrogen-bond donors (Lipinski definition) is 1. The lowest BCUT2D eigenvalue weighted by molar-refractivity contribution is -0.140. The average molecular weight is 526 g/mol. The molecule has 3 aromatic rings. The molecule has 0 saturated carbocycles. The van der Waals surface area contributed by atoms with Crippen molar-refractivity contribution in [3.05, 3.63) is 72.3 Å². The van der Waals surface area contributed by atoms with Crippen molar-refractivity contribution in [3.63, 3.8) is 0 Å². The Kier molecular flexibility index (Phi) is 9.66. The Bertz CT molecular complexity index is 1330. The molecule has 1 atom stereocenters. The summed E-state index contributed by atoms with van der Waals surface area (Å²) in [6.45, 7) is 3.94. The molecule has 0 aliphatic carbocycles. The average Bonchev–Trinajstić information content (AvgIpc) is 2.91. The fourth-order valence-corrected chi connectivity index (χ4v) is 5.08. The van der Waals surface area contributed by atoms with Gasteiger partial charge in [0.1, 0.15) is 11.8 Å². The number of hydrogen-bond acceptors (Lipinski definition) is 5. The van der Waals surface area contributed by atoms with Crippen LogP contribution in [0.2, 0.25) is 0 Å². The lowest BCUT2D eigenvalue weighted by Crippen LogP contribution is -2.50. The predicted octanol–water partition coefficient (Wildman–Crippen LogP) is 3.80. The van der Waals surface area contributed by atoms with Gasteiger partial charge in [0.2, 0.25) is 21.8 Å². The van der Waals surface area contributed by atoms with Crippen LogP contribution in [0.15, 0.2) is 71.6 Å². The van der Waals surface area contributed by atoms with Gasteiger partial charge in [-0.25, -0.2) is 8.42 Å². The summed E-state index contributed by atoms with van der Waals surface area (Å²) in [6.07, 6.45) is 1.76. The highest BCUT2D eigenvalue weighted by molar-refractivity contribution is 7.89. The van der Waals surface area contributed by atoms with Gasteiger partial charge in [0.05, 0.1) is 18.6 Å². The van der Waals surface area contributed by atoms with E-state index < -0.39 is 28.5 Å². The molecular weight excluding hydrogens is 490 g/mol. The molecule has 3 rings (SSSR count). The number of likely N-dealkylation sites (N-methyl/N-ethyl adjacent to an activating group) is 1. The van der Waals surface area contributed by atoms with Crippen molar-refractivity contribution in [2.75, 3.05) is 27.2 Å². The van der Waals surface area contributed by atoms with E-state index in [-0.39, 0.29) is 17.3 Å². The number of sulfonamides is 1. The number of unbranched alkanes of at least 4 members (excludes halogenated alkanes) is 1. The topological polar surface area (TPSA) is 96.0 Å². The number of benzene rings is 3. The number of carbonyl (C=O) groups excluding carboxylic acids is 2. The van der Waals surface area contributed by atoms with Crippen LogP contribution in [0.5, 0.6) is 5.75 Å². The predicted molar refractivity (Wildman–Crippen MR) is 145 cm³/mol. The summed E-state index contributed by atoms with van der Waals surface area (Å²) < 4.78 is 32.8. The molecule has 0 spiro atoms. The lowest BCUT2D eigenvalue weighted by atomic mass is 10.1. The Morgan fingerprint density at radius 2 is 1.68 bits per heavy atom. The molecule has 0 heterocycles. The van der Waals surface area contributed by atoms with Crippen molar-refractivity contribution < 1.29 is 22.7 Å². The maximum absolute atomic E-state index is 13.5. The molecule has 37 heavy (non-hydrogen) atoms. The molecule has 0 unspecified atom stereocenters. The van der Waals surface area contributed by atoms with Crippen molar-refractivity contribution in [1.29, 1.82) is 0 Å². The van der Waals surface area contributed by atoms with Crippen LogP contribution in [0.1, 0.15) is 32.3 Å². The normalized spacial score (nSPS) is 12.4. The quantitative estimate of drug-likeness (QED) is 0.363. The van der Waals surface area contributed by atoms with Crippen LogP contribution in [-0.4, -0.2) is 62.7 Å². The van der Waals surface area contributed by atoms with E-state index in [2.05, 4.69) is 5.32 Å². The van der Waals surface area contributed by atoms with Crippen molar-refractivity contribution >= 4 is 32.6 Å². The first-order valence-corrected chi connectivity index (χ1v) is 13.8. The van der Waals surface area contributed by atoms with Crippen molar-refractivity contribution in [3.8, 4) is 5.75 Å². The van der Waals surface area contributed by atoms with E-state index in [0.29, 0.717) is 12.3 Å². The van der Waals surface area contributed by atoms with Crippen LogP contribution in [-0.2, 0) is 26.2 Å². The monoisotopic (exact) mass is 525 g/mol. The third-order valence-electron chi connectivity index (χ3n) is 6.30. The molecule has 0 aromatic heterocycles. The van der Waals surface area contributed by atoms with E-state index in [1.165, 1.54) is 18.0 Å². The first kappa shape index (κ1) is 28.1. The highest BCUT2D eigenvalue weighted by atomic mass is 32.2. The summed E-state index contributed by atoms with van der Waals surface area (Å²) in [7, 11) is -0.992. The molecule has 2 amide bonds. The second kappa shape index (κ2) is 12.7. The zero-order chi connectivity index (χ0) is 27.0.